The third-order valence-corrected chi connectivity index (χ3v) is 5.29. The van der Waals surface area contributed by atoms with E-state index in [9.17, 15) is 9.18 Å². The third-order valence-electron chi connectivity index (χ3n) is 4.48. The summed E-state index contributed by atoms with van der Waals surface area (Å²) in [4.78, 5) is 14.5. The van der Waals surface area contributed by atoms with Crippen LogP contribution in [-0.2, 0) is 4.79 Å². The standard InChI is InChI=1S/C23H23FN4O3S/c1-15-11-16(2)13-19(12-15)28(10-4-9-25)21(29)14-32-23-27-26-22(31-23)17(3)30-20-7-5-18(24)6-8-20/h5-8,11-13,17H,4,10,14H2,1-3H3. The molecule has 3 aromatic rings. The van der Waals surface area contributed by atoms with Gasteiger partial charge >= 0.3 is 0 Å². The van der Waals surface area contributed by atoms with Gasteiger partial charge in [0.25, 0.3) is 11.1 Å². The van der Waals surface area contributed by atoms with Crippen molar-refractivity contribution in [3.05, 3.63) is 65.3 Å². The highest BCUT2D eigenvalue weighted by Gasteiger charge is 2.20. The summed E-state index contributed by atoms with van der Waals surface area (Å²) in [6.07, 6.45) is -0.313. The molecule has 166 valence electrons. The van der Waals surface area contributed by atoms with Crippen molar-refractivity contribution < 1.29 is 18.3 Å². The lowest BCUT2D eigenvalue weighted by Gasteiger charge is -2.22. The molecule has 0 radical (unpaired) electrons. The molecule has 0 aliphatic rings. The van der Waals surface area contributed by atoms with Gasteiger partial charge in [-0.3, -0.25) is 4.79 Å². The number of thioether (sulfide) groups is 1. The van der Waals surface area contributed by atoms with Gasteiger partial charge in [0.2, 0.25) is 5.91 Å². The van der Waals surface area contributed by atoms with Crippen LogP contribution in [0.3, 0.4) is 0 Å². The molecule has 1 heterocycles. The molecule has 2 aromatic carbocycles. The number of anilines is 1. The molecule has 0 spiro atoms. The molecule has 0 aliphatic heterocycles. The fraction of sp³-hybridized carbons (Fsp3) is 0.304. The van der Waals surface area contributed by atoms with Gasteiger partial charge in [0.1, 0.15) is 11.6 Å². The zero-order valence-electron chi connectivity index (χ0n) is 18.0. The molecule has 1 atom stereocenters. The Morgan fingerprint density at radius 1 is 1.22 bits per heavy atom. The Kier molecular flexibility index (Phi) is 7.84. The molecule has 32 heavy (non-hydrogen) atoms. The van der Waals surface area contributed by atoms with E-state index in [1.54, 1.807) is 11.8 Å². The number of ether oxygens (including phenoxy) is 1. The van der Waals surface area contributed by atoms with E-state index in [4.69, 9.17) is 14.4 Å². The van der Waals surface area contributed by atoms with Crippen LogP contribution < -0.4 is 9.64 Å². The van der Waals surface area contributed by atoms with Gasteiger partial charge in [0.15, 0.2) is 6.10 Å². The van der Waals surface area contributed by atoms with Gasteiger partial charge in [0, 0.05) is 12.2 Å². The number of aromatic nitrogens is 2. The molecule has 0 aliphatic carbocycles. The fourth-order valence-electron chi connectivity index (χ4n) is 3.08. The summed E-state index contributed by atoms with van der Waals surface area (Å²) in [7, 11) is 0. The van der Waals surface area contributed by atoms with Crippen molar-refractivity contribution >= 4 is 23.4 Å². The van der Waals surface area contributed by atoms with Crippen LogP contribution in [-0.4, -0.2) is 28.4 Å². The van der Waals surface area contributed by atoms with Crippen LogP contribution in [0.25, 0.3) is 0 Å². The molecule has 3 rings (SSSR count). The van der Waals surface area contributed by atoms with Gasteiger partial charge in [-0.05, 0) is 68.3 Å². The molecule has 7 nitrogen and oxygen atoms in total. The van der Waals surface area contributed by atoms with Crippen LogP contribution in [0.4, 0.5) is 10.1 Å². The molecule has 0 saturated heterocycles. The number of carbonyl (C=O) groups is 1. The monoisotopic (exact) mass is 454 g/mol. The van der Waals surface area contributed by atoms with Crippen LogP contribution in [0.1, 0.15) is 36.5 Å². The molecule has 0 saturated carbocycles. The molecule has 1 unspecified atom stereocenters. The van der Waals surface area contributed by atoms with Gasteiger partial charge in [-0.15, -0.1) is 10.2 Å². The van der Waals surface area contributed by atoms with Gasteiger partial charge in [0.05, 0.1) is 18.2 Å². The topological polar surface area (TPSA) is 92.2 Å². The highest BCUT2D eigenvalue weighted by molar-refractivity contribution is 7.99. The van der Waals surface area contributed by atoms with Crippen molar-refractivity contribution in [2.45, 2.75) is 38.5 Å². The van der Waals surface area contributed by atoms with Crippen molar-refractivity contribution in [2.75, 3.05) is 17.2 Å². The maximum Gasteiger partial charge on any atom is 0.277 e. The lowest BCUT2D eigenvalue weighted by atomic mass is 10.1. The summed E-state index contributed by atoms with van der Waals surface area (Å²) in [5.74, 6) is 0.289. The maximum absolute atomic E-state index is 13.0. The normalized spacial score (nSPS) is 11.6. The molecule has 1 amide bonds. The van der Waals surface area contributed by atoms with Crippen molar-refractivity contribution in [1.29, 1.82) is 5.26 Å². The van der Waals surface area contributed by atoms with Crippen LogP contribution in [0, 0.1) is 31.0 Å². The van der Waals surface area contributed by atoms with Crippen LogP contribution in [0.15, 0.2) is 52.1 Å². The molecule has 9 heteroatoms. The number of benzene rings is 2. The summed E-state index contributed by atoms with van der Waals surface area (Å²) >= 11 is 1.12. The summed E-state index contributed by atoms with van der Waals surface area (Å²) in [5.41, 5.74) is 2.84. The van der Waals surface area contributed by atoms with Crippen LogP contribution in [0.5, 0.6) is 5.75 Å². The Hall–Kier alpha value is -3.38. The van der Waals surface area contributed by atoms with Crippen molar-refractivity contribution in [3.63, 3.8) is 0 Å². The Morgan fingerprint density at radius 3 is 2.56 bits per heavy atom. The summed E-state index contributed by atoms with van der Waals surface area (Å²) in [6, 6.07) is 13.6. The average Bonchev–Trinajstić information content (AvgIpc) is 3.23. The van der Waals surface area contributed by atoms with E-state index in [-0.39, 0.29) is 35.0 Å². The van der Waals surface area contributed by atoms with E-state index >= 15 is 0 Å². The van der Waals surface area contributed by atoms with Gasteiger partial charge in [-0.1, -0.05) is 17.8 Å². The van der Waals surface area contributed by atoms with Crippen LogP contribution >= 0.6 is 11.8 Å². The Balaban J connectivity index is 1.63. The van der Waals surface area contributed by atoms with Gasteiger partial charge in [-0.2, -0.15) is 5.26 Å². The number of nitrogens with zero attached hydrogens (tertiary/aromatic N) is 4. The summed E-state index contributed by atoms with van der Waals surface area (Å²) < 4.78 is 24.3. The molecule has 0 bridgehead atoms. The minimum absolute atomic E-state index is 0.0766. The summed E-state index contributed by atoms with van der Waals surface area (Å²) in [6.45, 7) is 5.97. The predicted molar refractivity (Wildman–Crippen MR) is 119 cm³/mol. The Labute approximate surface area is 190 Å². The largest absolute Gasteiger partial charge is 0.481 e. The molecular formula is C23H23FN4O3S. The molecule has 1 aromatic heterocycles. The van der Waals surface area contributed by atoms with E-state index in [2.05, 4.69) is 16.3 Å². The fourth-order valence-corrected chi connectivity index (χ4v) is 3.72. The number of hydrogen-bond acceptors (Lipinski definition) is 7. The van der Waals surface area contributed by atoms with E-state index in [0.717, 1.165) is 28.6 Å². The maximum atomic E-state index is 13.0. The number of halogens is 1. The smallest absolute Gasteiger partial charge is 0.277 e. The third kappa shape index (κ3) is 6.31. The first kappa shape index (κ1) is 23.3. The second kappa shape index (κ2) is 10.8. The first-order chi connectivity index (χ1) is 15.4. The van der Waals surface area contributed by atoms with Crippen molar-refractivity contribution in [3.8, 4) is 11.8 Å². The van der Waals surface area contributed by atoms with Crippen LogP contribution in [0.2, 0.25) is 0 Å². The van der Waals surface area contributed by atoms with E-state index in [0.29, 0.717) is 12.3 Å². The van der Waals surface area contributed by atoms with Crippen molar-refractivity contribution in [1.82, 2.24) is 10.2 Å². The minimum Gasteiger partial charge on any atom is -0.481 e. The lowest BCUT2D eigenvalue weighted by molar-refractivity contribution is -0.116. The average molecular weight is 455 g/mol. The Morgan fingerprint density at radius 2 is 1.91 bits per heavy atom. The zero-order chi connectivity index (χ0) is 23.1. The number of nitriles is 1. The highest BCUT2D eigenvalue weighted by atomic mass is 32.2. The second-order valence-electron chi connectivity index (χ2n) is 7.21. The van der Waals surface area contributed by atoms with E-state index in [1.807, 2.05) is 32.0 Å². The lowest BCUT2D eigenvalue weighted by Crippen LogP contribution is -2.33. The first-order valence-corrected chi connectivity index (χ1v) is 11.0. The Bertz CT molecular complexity index is 1090. The number of carbonyl (C=O) groups excluding carboxylic acids is 1. The minimum atomic E-state index is -0.541. The quantitative estimate of drug-likeness (QED) is 0.420. The number of rotatable bonds is 9. The van der Waals surface area contributed by atoms with Crippen molar-refractivity contribution in [2.24, 2.45) is 0 Å². The second-order valence-corrected chi connectivity index (χ2v) is 8.13. The number of hydrogen-bond donors (Lipinski definition) is 0. The first-order valence-electron chi connectivity index (χ1n) is 9.99. The summed E-state index contributed by atoms with van der Waals surface area (Å²) in [5, 5.41) is 17.2. The highest BCUT2D eigenvalue weighted by Crippen LogP contribution is 2.25. The predicted octanol–water partition coefficient (Wildman–Crippen LogP) is 5.00. The SMILES string of the molecule is Cc1cc(C)cc(N(CCC#N)C(=O)CSc2nnc(C(C)Oc3ccc(F)cc3)o2)c1. The van der Waals surface area contributed by atoms with Gasteiger partial charge < -0.3 is 14.1 Å². The molecule has 0 fully saturated rings. The zero-order valence-corrected chi connectivity index (χ0v) is 18.9. The molecular weight excluding hydrogens is 431 g/mol. The number of amides is 1. The van der Waals surface area contributed by atoms with E-state index in [1.165, 1.54) is 24.3 Å². The number of aryl methyl sites for hydroxylation is 2. The van der Waals surface area contributed by atoms with E-state index < -0.39 is 6.10 Å². The molecule has 0 N–H and O–H groups in total. The van der Waals surface area contributed by atoms with Gasteiger partial charge in [-0.25, -0.2) is 4.39 Å².